The normalized spacial score (nSPS) is 18.3. The van der Waals surface area contributed by atoms with Gasteiger partial charge in [-0.1, -0.05) is 0 Å². The third-order valence-electron chi connectivity index (χ3n) is 7.19. The molecule has 4 heterocycles. The maximum Gasteiger partial charge on any atom is 0.254 e. The first-order chi connectivity index (χ1) is 16.4. The van der Waals surface area contributed by atoms with E-state index in [1.54, 1.807) is 7.11 Å². The fourth-order valence-electron chi connectivity index (χ4n) is 5.27. The second-order valence-corrected chi connectivity index (χ2v) is 9.86. The Hall–Kier alpha value is -3.04. The Morgan fingerprint density at radius 3 is 2.71 bits per heavy atom. The molecule has 1 aliphatic heterocycles. The number of benzene rings is 1. The van der Waals surface area contributed by atoms with Crippen LogP contribution in [0.5, 0.6) is 5.75 Å². The third-order valence-corrected chi connectivity index (χ3v) is 7.19. The first kappa shape index (κ1) is 23.7. The van der Waals surface area contributed by atoms with Crippen LogP contribution in [0.25, 0.3) is 33.6 Å². The SMILES string of the molecule is COc1cc(C(=O)N2CCC[C@@H](N)C2)cc2nc(-c3cc4cn(C)nc4n3CC3CC3)n(C)c12.Cl. The van der Waals surface area contributed by atoms with Gasteiger partial charge in [0.2, 0.25) is 0 Å². The minimum absolute atomic E-state index is 0. The van der Waals surface area contributed by atoms with Crippen LogP contribution in [0.1, 0.15) is 36.0 Å². The van der Waals surface area contributed by atoms with Crippen LogP contribution in [-0.2, 0) is 20.6 Å². The molecule has 1 saturated heterocycles. The number of carbonyl (C=O) groups is 1. The van der Waals surface area contributed by atoms with Gasteiger partial charge in [-0.05, 0) is 49.8 Å². The van der Waals surface area contributed by atoms with E-state index in [1.165, 1.54) is 12.8 Å². The number of aryl methyl sites for hydroxylation is 2. The summed E-state index contributed by atoms with van der Waals surface area (Å²) in [4.78, 5) is 20.1. The molecule has 1 aromatic carbocycles. The molecule has 1 amide bonds. The number of aromatic nitrogens is 5. The molecule has 9 nitrogen and oxygen atoms in total. The predicted molar refractivity (Wildman–Crippen MR) is 138 cm³/mol. The van der Waals surface area contributed by atoms with Gasteiger partial charge in [0.05, 0.1) is 18.3 Å². The summed E-state index contributed by atoms with van der Waals surface area (Å²) in [6.45, 7) is 2.26. The van der Waals surface area contributed by atoms with Gasteiger partial charge in [-0.3, -0.25) is 9.48 Å². The Balaban J connectivity index is 0.00000253. The van der Waals surface area contributed by atoms with Gasteiger partial charge >= 0.3 is 0 Å². The molecule has 0 bridgehead atoms. The minimum atomic E-state index is -0.0184. The lowest BCUT2D eigenvalue weighted by molar-refractivity contribution is 0.0708. The van der Waals surface area contributed by atoms with Crippen LogP contribution in [0.15, 0.2) is 24.4 Å². The molecular formula is C25H32ClN7O2. The van der Waals surface area contributed by atoms with E-state index in [0.717, 1.165) is 59.5 Å². The van der Waals surface area contributed by atoms with Crippen LogP contribution in [0.3, 0.4) is 0 Å². The summed E-state index contributed by atoms with van der Waals surface area (Å²) in [6.07, 6.45) is 6.45. The summed E-state index contributed by atoms with van der Waals surface area (Å²) in [5.41, 5.74) is 10.4. The number of methoxy groups -OCH3 is 1. The molecule has 1 aliphatic carbocycles. The van der Waals surface area contributed by atoms with E-state index in [-0.39, 0.29) is 24.4 Å². The van der Waals surface area contributed by atoms with Gasteiger partial charge < -0.3 is 24.5 Å². The fraction of sp³-hybridized carbons (Fsp3) is 0.480. The molecule has 0 unspecified atom stereocenters. The van der Waals surface area contributed by atoms with Crippen LogP contribution < -0.4 is 10.5 Å². The third kappa shape index (κ3) is 4.06. The molecule has 1 saturated carbocycles. The highest BCUT2D eigenvalue weighted by atomic mass is 35.5. The monoisotopic (exact) mass is 497 g/mol. The van der Waals surface area contributed by atoms with E-state index >= 15 is 0 Å². The van der Waals surface area contributed by atoms with E-state index < -0.39 is 0 Å². The molecule has 2 aliphatic rings. The van der Waals surface area contributed by atoms with E-state index in [2.05, 4.69) is 15.2 Å². The maximum atomic E-state index is 13.3. The predicted octanol–water partition coefficient (Wildman–Crippen LogP) is 3.33. The highest BCUT2D eigenvalue weighted by molar-refractivity contribution is 6.00. The average molecular weight is 498 g/mol. The van der Waals surface area contributed by atoms with Gasteiger partial charge in [-0.25, -0.2) is 4.98 Å². The van der Waals surface area contributed by atoms with E-state index in [1.807, 2.05) is 42.0 Å². The lowest BCUT2D eigenvalue weighted by Crippen LogP contribution is -2.45. The van der Waals surface area contributed by atoms with Gasteiger partial charge in [-0.2, -0.15) is 5.10 Å². The summed E-state index contributed by atoms with van der Waals surface area (Å²) in [5.74, 6) is 2.17. The average Bonchev–Trinajstić information content (AvgIpc) is 3.38. The molecule has 3 aromatic heterocycles. The zero-order chi connectivity index (χ0) is 23.6. The number of carbonyl (C=O) groups excluding carboxylic acids is 1. The molecule has 0 spiro atoms. The molecule has 0 radical (unpaired) electrons. The van der Waals surface area contributed by atoms with Crippen LogP contribution in [0.2, 0.25) is 0 Å². The topological polar surface area (TPSA) is 96.1 Å². The fourth-order valence-corrected chi connectivity index (χ4v) is 5.27. The number of nitrogens with zero attached hydrogens (tertiary/aromatic N) is 6. The summed E-state index contributed by atoms with van der Waals surface area (Å²) in [6, 6.07) is 5.92. The highest BCUT2D eigenvalue weighted by Crippen LogP contribution is 2.37. The number of piperidine rings is 1. The van der Waals surface area contributed by atoms with E-state index in [4.69, 9.17) is 20.6 Å². The van der Waals surface area contributed by atoms with Crippen molar-refractivity contribution >= 4 is 40.4 Å². The molecule has 35 heavy (non-hydrogen) atoms. The van der Waals surface area contributed by atoms with Crippen molar-refractivity contribution in [2.75, 3.05) is 20.2 Å². The number of nitrogens with two attached hydrogens (primary N) is 1. The van der Waals surface area contributed by atoms with Crippen molar-refractivity contribution in [2.45, 2.75) is 38.3 Å². The number of rotatable bonds is 5. The summed E-state index contributed by atoms with van der Waals surface area (Å²) in [5, 5.41) is 5.82. The molecule has 6 rings (SSSR count). The Labute approximate surface area is 210 Å². The quantitative estimate of drug-likeness (QED) is 0.456. The zero-order valence-electron chi connectivity index (χ0n) is 20.4. The van der Waals surface area contributed by atoms with Gasteiger partial charge in [0, 0.05) is 56.9 Å². The van der Waals surface area contributed by atoms with Crippen molar-refractivity contribution in [2.24, 2.45) is 25.7 Å². The Kier molecular flexibility index (Phi) is 6.01. The lowest BCUT2D eigenvalue weighted by Gasteiger charge is -2.30. The van der Waals surface area contributed by atoms with Crippen LogP contribution in [0.4, 0.5) is 0 Å². The standard InChI is InChI=1S/C25H31N7O2.ClH/c1-29-13-17-10-20(32(23(17)28-29)12-15-6-7-15)24-27-19-9-16(11-21(34-3)22(19)30(24)2)25(33)31-8-4-5-18(26)14-31;/h9-11,13,15,18H,4-8,12,14,26H2,1-3H3;1H/t18-;/m1./s1. The Bertz CT molecular complexity index is 1410. The second-order valence-electron chi connectivity index (χ2n) is 9.86. The van der Waals surface area contributed by atoms with Crippen LogP contribution in [0, 0.1) is 5.92 Å². The van der Waals surface area contributed by atoms with Gasteiger partial charge in [-0.15, -0.1) is 12.4 Å². The highest BCUT2D eigenvalue weighted by Gasteiger charge is 2.28. The number of fused-ring (bicyclic) bond motifs is 2. The zero-order valence-corrected chi connectivity index (χ0v) is 21.2. The van der Waals surface area contributed by atoms with Gasteiger partial charge in [0.25, 0.3) is 5.91 Å². The van der Waals surface area contributed by atoms with Crippen LogP contribution in [-0.4, -0.2) is 60.9 Å². The molecule has 186 valence electrons. The second kappa shape index (κ2) is 8.87. The van der Waals surface area contributed by atoms with E-state index in [0.29, 0.717) is 23.8 Å². The number of imidazole rings is 1. The van der Waals surface area contributed by atoms with Crippen molar-refractivity contribution < 1.29 is 9.53 Å². The lowest BCUT2D eigenvalue weighted by atomic mass is 10.0. The summed E-state index contributed by atoms with van der Waals surface area (Å²) >= 11 is 0. The van der Waals surface area contributed by atoms with Gasteiger partial charge in [0.1, 0.15) is 11.3 Å². The maximum absolute atomic E-state index is 13.3. The minimum Gasteiger partial charge on any atom is -0.494 e. The molecule has 10 heteroatoms. The number of hydrogen-bond acceptors (Lipinski definition) is 5. The summed E-state index contributed by atoms with van der Waals surface area (Å²) < 4.78 is 12.0. The first-order valence-electron chi connectivity index (χ1n) is 12.1. The Morgan fingerprint density at radius 2 is 2.00 bits per heavy atom. The number of halogens is 1. The van der Waals surface area contributed by atoms with Gasteiger partial charge in [0.15, 0.2) is 11.5 Å². The smallest absolute Gasteiger partial charge is 0.254 e. The molecule has 2 N–H and O–H groups in total. The summed E-state index contributed by atoms with van der Waals surface area (Å²) in [7, 11) is 5.60. The van der Waals surface area contributed by atoms with Crippen molar-refractivity contribution in [1.82, 2.24) is 28.8 Å². The Morgan fingerprint density at radius 1 is 1.20 bits per heavy atom. The first-order valence-corrected chi connectivity index (χ1v) is 12.1. The van der Waals surface area contributed by atoms with E-state index in [9.17, 15) is 4.79 Å². The number of amides is 1. The number of hydrogen-bond donors (Lipinski definition) is 1. The molecule has 4 aromatic rings. The number of ether oxygens (including phenoxy) is 1. The van der Waals surface area contributed by atoms with Crippen LogP contribution >= 0.6 is 12.4 Å². The molecule has 1 atom stereocenters. The molecular weight excluding hydrogens is 466 g/mol. The molecule has 2 fully saturated rings. The van der Waals surface area contributed by atoms with Crippen molar-refractivity contribution in [1.29, 1.82) is 0 Å². The van der Waals surface area contributed by atoms with Crippen molar-refractivity contribution in [3.63, 3.8) is 0 Å². The van der Waals surface area contributed by atoms with Crippen molar-refractivity contribution in [3.05, 3.63) is 30.0 Å². The largest absolute Gasteiger partial charge is 0.494 e. The van der Waals surface area contributed by atoms with Crippen molar-refractivity contribution in [3.8, 4) is 17.3 Å². The number of likely N-dealkylation sites (tertiary alicyclic amines) is 1.